The molecule has 6 rings (SSSR count). The lowest BCUT2D eigenvalue weighted by Crippen LogP contribution is -2.54. The van der Waals surface area contributed by atoms with E-state index in [1.165, 1.54) is 0 Å². The number of aliphatic hydroxyl groups excluding tert-OH is 2. The van der Waals surface area contributed by atoms with Gasteiger partial charge in [0.2, 0.25) is 20.0 Å². The molecule has 2 saturated heterocycles. The van der Waals surface area contributed by atoms with Gasteiger partial charge in [0.05, 0.1) is 89.8 Å². The smallest absolute Gasteiger partial charge is 0.252 e. The van der Waals surface area contributed by atoms with Crippen LogP contribution in [0.15, 0.2) is 0 Å². The SMILES string of the molecule is CN1CC2C(Cl)CC(Cl)CC2C(C2CCCC(S(=O)(=O)NCCOCCOCCOCCNC(=O)[C@@H](O)[C@@H](O)C(=O)NCCOCCOCCOCCNS(=O)(=O)C3CCCC(C4CN(C)CC5C(Cl)CC(Cl)CC54)C3)C2)C1. The fourth-order valence-corrected chi connectivity index (χ4v) is 18.5. The van der Waals surface area contributed by atoms with Crippen LogP contribution < -0.4 is 20.1 Å². The van der Waals surface area contributed by atoms with Crippen LogP contribution in [0, 0.1) is 47.3 Å². The maximum absolute atomic E-state index is 13.3. The molecule has 454 valence electrons. The van der Waals surface area contributed by atoms with Crippen LogP contribution in [-0.4, -0.2) is 239 Å². The Morgan fingerprint density at radius 1 is 0.462 bits per heavy atom. The predicted octanol–water partition coefficient (Wildman–Crippen LogP) is 2.60. The summed E-state index contributed by atoms with van der Waals surface area (Å²) in [6.45, 7) is 6.86. The molecule has 2 heterocycles. The zero-order valence-corrected chi connectivity index (χ0v) is 50.5. The van der Waals surface area contributed by atoms with Crippen molar-refractivity contribution in [2.24, 2.45) is 47.3 Å². The van der Waals surface area contributed by atoms with Gasteiger partial charge in [-0.1, -0.05) is 25.7 Å². The van der Waals surface area contributed by atoms with Crippen LogP contribution in [0.2, 0.25) is 0 Å². The number of likely N-dealkylation sites (tertiary alicyclic amines) is 2. The van der Waals surface area contributed by atoms with Crippen LogP contribution in [-0.2, 0) is 58.1 Å². The lowest BCUT2D eigenvalue weighted by Gasteiger charge is -2.51. The zero-order chi connectivity index (χ0) is 56.2. The molecule has 2 amide bonds. The standard InChI is InChI=1S/C52H92Cl4N6O14S2/c1-61-31-43(41-27-37(53)29-47(55)45(41)33-61)35-5-3-7-39(25-35)77(67,68)59-11-15-73-19-23-75-21-17-71-13-9-57-51(65)49(63)50(64)52(66)58-10-14-72-18-22-76-24-20-74-16-12-60-78(69,70)40-8-4-6-36(26-40)44-32-62(2)34-46-42(44)28-38(54)30-48(46)56/h35-50,59-60,63-64H,3-34H2,1-2H3,(H,57,65)(H,58,66)/t35?,36?,37?,38?,39?,40?,41?,42?,43?,44?,45?,46?,47?,48?,49-,50+. The van der Waals surface area contributed by atoms with Gasteiger partial charge in [0.1, 0.15) is 0 Å². The summed E-state index contributed by atoms with van der Waals surface area (Å²) in [6, 6.07) is 0. The number of alkyl halides is 4. The summed E-state index contributed by atoms with van der Waals surface area (Å²) in [4.78, 5) is 29.3. The monoisotopic (exact) mass is 1230 g/mol. The average molecular weight is 1230 g/mol. The van der Waals surface area contributed by atoms with Crippen molar-refractivity contribution in [2.75, 3.05) is 146 Å². The Bertz CT molecular complexity index is 1880. The molecule has 0 spiro atoms. The molecule has 0 bridgehead atoms. The van der Waals surface area contributed by atoms with Gasteiger partial charge < -0.3 is 59.1 Å². The van der Waals surface area contributed by atoms with Crippen LogP contribution in [0.1, 0.15) is 77.0 Å². The second-order valence-electron chi connectivity index (χ2n) is 22.7. The number of rotatable bonds is 33. The Morgan fingerprint density at radius 2 is 0.782 bits per heavy atom. The number of sulfonamides is 2. The fraction of sp³-hybridized carbons (Fsp3) is 0.962. The molecule has 14 unspecified atom stereocenters. The quantitative estimate of drug-likeness (QED) is 0.0408. The van der Waals surface area contributed by atoms with Gasteiger partial charge in [-0.2, -0.15) is 0 Å². The minimum absolute atomic E-state index is 0.0178. The second kappa shape index (κ2) is 33.9. The van der Waals surface area contributed by atoms with Crippen LogP contribution in [0.4, 0.5) is 0 Å². The molecule has 4 aliphatic carbocycles. The van der Waals surface area contributed by atoms with E-state index in [1.807, 2.05) is 0 Å². The van der Waals surface area contributed by atoms with E-state index in [-0.39, 0.29) is 127 Å². The second-order valence-corrected chi connectivity index (χ2v) is 29.2. The number of hydrogen-bond donors (Lipinski definition) is 6. The summed E-state index contributed by atoms with van der Waals surface area (Å²) in [5, 5.41) is 24.6. The minimum Gasteiger partial charge on any atom is -0.380 e. The molecule has 0 aromatic heterocycles. The number of nitrogens with one attached hydrogen (secondary N) is 4. The van der Waals surface area contributed by atoms with Crippen molar-refractivity contribution in [2.45, 2.75) is 121 Å². The highest BCUT2D eigenvalue weighted by Gasteiger charge is 2.49. The highest BCUT2D eigenvalue weighted by molar-refractivity contribution is 7.90. The summed E-state index contributed by atoms with van der Waals surface area (Å²) in [6.07, 6.45) is 6.00. The number of fused-ring (bicyclic) bond motifs is 2. The summed E-state index contributed by atoms with van der Waals surface area (Å²) >= 11 is 26.9. The summed E-state index contributed by atoms with van der Waals surface area (Å²) in [7, 11) is -2.74. The molecule has 78 heavy (non-hydrogen) atoms. The third kappa shape index (κ3) is 20.9. The maximum atomic E-state index is 13.3. The first kappa shape index (κ1) is 66.7. The first-order valence-corrected chi connectivity index (χ1v) is 33.5. The molecule has 0 radical (unpaired) electrons. The van der Waals surface area contributed by atoms with Gasteiger partial charge in [-0.25, -0.2) is 26.3 Å². The van der Waals surface area contributed by atoms with E-state index in [9.17, 15) is 36.6 Å². The molecule has 0 aromatic rings. The molecule has 6 N–H and O–H groups in total. The first-order valence-electron chi connectivity index (χ1n) is 28.6. The van der Waals surface area contributed by atoms with E-state index in [0.717, 1.165) is 77.5 Å². The summed E-state index contributed by atoms with van der Waals surface area (Å²) in [5.74, 6) is 1.20. The number of ether oxygens (including phenoxy) is 6. The third-order valence-corrected chi connectivity index (χ3v) is 22.7. The first-order chi connectivity index (χ1) is 37.3. The van der Waals surface area contributed by atoms with Crippen molar-refractivity contribution in [3.8, 4) is 0 Å². The van der Waals surface area contributed by atoms with Crippen molar-refractivity contribution >= 4 is 78.3 Å². The fourth-order valence-electron chi connectivity index (χ4n) is 13.4. The molecule has 4 saturated carbocycles. The Morgan fingerprint density at radius 3 is 1.14 bits per heavy atom. The van der Waals surface area contributed by atoms with Gasteiger partial charge in [0.25, 0.3) is 11.8 Å². The van der Waals surface area contributed by atoms with Crippen LogP contribution in [0.5, 0.6) is 0 Å². The van der Waals surface area contributed by atoms with E-state index in [0.29, 0.717) is 73.0 Å². The predicted molar refractivity (Wildman–Crippen MR) is 301 cm³/mol. The number of carbonyl (C=O) groups is 2. The zero-order valence-electron chi connectivity index (χ0n) is 45.9. The Hall–Kier alpha value is -0.480. The minimum atomic E-state index is -3.51. The number of carbonyl (C=O) groups excluding carboxylic acids is 2. The number of aliphatic hydroxyl groups is 2. The van der Waals surface area contributed by atoms with E-state index >= 15 is 0 Å². The molecule has 20 nitrogen and oxygen atoms in total. The van der Waals surface area contributed by atoms with Crippen LogP contribution in [0.25, 0.3) is 0 Å². The largest absolute Gasteiger partial charge is 0.380 e. The highest BCUT2D eigenvalue weighted by atomic mass is 35.5. The third-order valence-electron chi connectivity index (χ3n) is 17.2. The van der Waals surface area contributed by atoms with Crippen LogP contribution in [0.3, 0.4) is 0 Å². The van der Waals surface area contributed by atoms with Crippen molar-refractivity contribution in [1.82, 2.24) is 29.9 Å². The summed E-state index contributed by atoms with van der Waals surface area (Å²) < 4.78 is 91.8. The van der Waals surface area contributed by atoms with E-state index < -0.39 is 54.6 Å². The molecule has 0 aromatic carbocycles. The van der Waals surface area contributed by atoms with Crippen molar-refractivity contribution in [1.29, 1.82) is 0 Å². The molecule has 16 atom stereocenters. The molecule has 6 fully saturated rings. The van der Waals surface area contributed by atoms with Crippen molar-refractivity contribution in [3.05, 3.63) is 0 Å². The molecular weight excluding hydrogens is 1140 g/mol. The number of hydrogen-bond acceptors (Lipinski definition) is 16. The van der Waals surface area contributed by atoms with Gasteiger partial charge in [0.15, 0.2) is 12.2 Å². The van der Waals surface area contributed by atoms with Crippen LogP contribution >= 0.6 is 46.4 Å². The molecule has 2 aliphatic heterocycles. The van der Waals surface area contributed by atoms with Gasteiger partial charge >= 0.3 is 0 Å². The Balaban J connectivity index is 0.692. The highest BCUT2D eigenvalue weighted by Crippen LogP contribution is 2.50. The van der Waals surface area contributed by atoms with Crippen molar-refractivity contribution in [3.63, 3.8) is 0 Å². The Labute approximate surface area is 484 Å². The number of halogens is 4. The summed E-state index contributed by atoms with van der Waals surface area (Å²) in [5.41, 5.74) is 0. The van der Waals surface area contributed by atoms with Gasteiger partial charge in [-0.3, -0.25) is 9.59 Å². The Kier molecular flexibility index (Phi) is 28.9. The normalized spacial score (nSPS) is 33.1. The average Bonchev–Trinajstić information content (AvgIpc) is 3.50. The topological polar surface area (TPSA) is 253 Å². The lowest BCUT2D eigenvalue weighted by molar-refractivity contribution is -0.146. The van der Waals surface area contributed by atoms with Gasteiger partial charge in [-0.05, 0) is 113 Å². The lowest BCUT2D eigenvalue weighted by atomic mass is 9.63. The number of amides is 2. The van der Waals surface area contributed by atoms with E-state index in [2.05, 4.69) is 44.0 Å². The molecular formula is C52H92Cl4N6O14S2. The van der Waals surface area contributed by atoms with Crippen molar-refractivity contribution < 1.29 is 65.1 Å². The molecule has 26 heteroatoms. The maximum Gasteiger partial charge on any atom is 0.252 e. The number of nitrogens with zero attached hydrogens (tertiary/aromatic N) is 2. The van der Waals surface area contributed by atoms with Gasteiger partial charge in [-0.15, -0.1) is 46.4 Å². The van der Waals surface area contributed by atoms with E-state index in [4.69, 9.17) is 74.8 Å². The molecule has 6 aliphatic rings. The van der Waals surface area contributed by atoms with E-state index in [1.54, 1.807) is 0 Å². The van der Waals surface area contributed by atoms with Gasteiger partial charge in [0, 0.05) is 73.9 Å². The number of piperidine rings is 2.